The van der Waals surface area contributed by atoms with E-state index in [9.17, 15) is 18.0 Å². The molecule has 10 heteroatoms. The van der Waals surface area contributed by atoms with Gasteiger partial charge in [0, 0.05) is 19.0 Å². The molecule has 0 saturated carbocycles. The molecule has 0 bridgehead atoms. The molecule has 2 aromatic rings. The number of hydrogen-bond acceptors (Lipinski definition) is 3. The molecule has 1 heterocycles. The molecule has 0 unspecified atom stereocenters. The molecule has 0 saturated heterocycles. The van der Waals surface area contributed by atoms with Crippen LogP contribution >= 0.6 is 24.0 Å². The zero-order valence-corrected chi connectivity index (χ0v) is 14.1. The second-order valence-corrected chi connectivity index (χ2v) is 5.24. The van der Waals surface area contributed by atoms with E-state index < -0.39 is 11.7 Å². The number of aromatic nitrogens is 2. The van der Waals surface area contributed by atoms with Gasteiger partial charge in [0.25, 0.3) is 0 Å². The second kappa shape index (κ2) is 7.87. The predicted molar refractivity (Wildman–Crippen MR) is 87.9 cm³/mol. The monoisotopic (exact) mass is 382 g/mol. The van der Waals surface area contributed by atoms with Gasteiger partial charge in [-0.15, -0.1) is 12.4 Å². The molecular weight excluding hydrogens is 368 g/mol. The quantitative estimate of drug-likeness (QED) is 0.848. The zero-order chi connectivity index (χ0) is 17.2. The van der Waals surface area contributed by atoms with Crippen molar-refractivity contribution in [3.63, 3.8) is 0 Å². The van der Waals surface area contributed by atoms with Crippen molar-refractivity contribution in [1.29, 1.82) is 0 Å². The summed E-state index contributed by atoms with van der Waals surface area (Å²) in [6, 6.07) is 4.44. The van der Waals surface area contributed by atoms with Gasteiger partial charge in [0.15, 0.2) is 0 Å². The fourth-order valence-electron chi connectivity index (χ4n) is 1.96. The highest BCUT2D eigenvalue weighted by Gasteiger charge is 2.31. The number of amides is 1. The van der Waals surface area contributed by atoms with Gasteiger partial charge in [-0.25, -0.2) is 4.68 Å². The average molecular weight is 383 g/mol. The number of nitrogens with zero attached hydrogens (tertiary/aromatic N) is 2. The van der Waals surface area contributed by atoms with Crippen LogP contribution in [0.1, 0.15) is 17.7 Å². The Balaban J connectivity index is 0.00000288. The van der Waals surface area contributed by atoms with Gasteiger partial charge >= 0.3 is 6.18 Å². The molecule has 1 aromatic heterocycles. The highest BCUT2D eigenvalue weighted by Crippen LogP contribution is 2.34. The predicted octanol–water partition coefficient (Wildman–Crippen LogP) is 3.56. The summed E-state index contributed by atoms with van der Waals surface area (Å²) in [5.74, 6) is -0.140. The summed E-state index contributed by atoms with van der Waals surface area (Å²) in [5.41, 5.74) is 4.98. The standard InChI is InChI=1S/C14H14ClF3N4O.ClH/c1-8-6-12(20-13(23)4-5-19)22(21-8)11-7-9(14(16,17)18)2-3-10(11)15;/h2-3,6-7H,4-5,19H2,1H3,(H,20,23);1H. The Labute approximate surface area is 147 Å². The number of benzene rings is 1. The number of carbonyl (C=O) groups is 1. The molecule has 0 aliphatic rings. The van der Waals surface area contributed by atoms with Crippen molar-refractivity contribution in [3.05, 3.63) is 40.5 Å². The lowest BCUT2D eigenvalue weighted by molar-refractivity contribution is -0.137. The van der Waals surface area contributed by atoms with E-state index in [-0.39, 0.29) is 47.8 Å². The summed E-state index contributed by atoms with van der Waals surface area (Å²) in [4.78, 5) is 11.7. The molecule has 2 rings (SSSR count). The Hall–Kier alpha value is -1.77. The molecule has 0 fully saturated rings. The van der Waals surface area contributed by atoms with Crippen molar-refractivity contribution < 1.29 is 18.0 Å². The van der Waals surface area contributed by atoms with E-state index in [0.29, 0.717) is 5.69 Å². The van der Waals surface area contributed by atoms with Gasteiger partial charge < -0.3 is 11.1 Å². The Morgan fingerprint density at radius 2 is 2.04 bits per heavy atom. The fourth-order valence-corrected chi connectivity index (χ4v) is 2.16. The first-order chi connectivity index (χ1) is 10.7. The molecule has 0 aliphatic heterocycles. The highest BCUT2D eigenvalue weighted by atomic mass is 35.5. The molecule has 3 N–H and O–H groups in total. The van der Waals surface area contributed by atoms with Gasteiger partial charge in [-0.05, 0) is 25.1 Å². The van der Waals surface area contributed by atoms with Gasteiger partial charge in [-0.1, -0.05) is 11.6 Å². The smallest absolute Gasteiger partial charge is 0.330 e. The van der Waals surface area contributed by atoms with E-state index in [1.165, 1.54) is 10.7 Å². The highest BCUT2D eigenvalue weighted by molar-refractivity contribution is 6.32. The maximum absolute atomic E-state index is 12.9. The summed E-state index contributed by atoms with van der Waals surface area (Å²) < 4.78 is 39.8. The lowest BCUT2D eigenvalue weighted by Crippen LogP contribution is -2.18. The van der Waals surface area contributed by atoms with Crippen LogP contribution in [0.5, 0.6) is 0 Å². The number of halogens is 5. The summed E-state index contributed by atoms with van der Waals surface area (Å²) in [5, 5.41) is 6.73. The van der Waals surface area contributed by atoms with Crippen LogP contribution in [0.15, 0.2) is 24.3 Å². The number of carbonyl (C=O) groups excluding carboxylic acids is 1. The third-order valence-corrected chi connectivity index (χ3v) is 3.29. The summed E-state index contributed by atoms with van der Waals surface area (Å²) in [6.07, 6.45) is -4.43. The number of alkyl halides is 3. The number of nitrogens with two attached hydrogens (primary N) is 1. The number of nitrogens with one attached hydrogen (secondary N) is 1. The van der Waals surface area contributed by atoms with Crippen molar-refractivity contribution >= 4 is 35.7 Å². The van der Waals surface area contributed by atoms with E-state index in [2.05, 4.69) is 10.4 Å². The van der Waals surface area contributed by atoms with Crippen LogP contribution in [-0.2, 0) is 11.0 Å². The number of anilines is 1. The fraction of sp³-hybridized carbons (Fsp3) is 0.286. The van der Waals surface area contributed by atoms with E-state index in [1.807, 2.05) is 0 Å². The van der Waals surface area contributed by atoms with Crippen LogP contribution < -0.4 is 11.1 Å². The van der Waals surface area contributed by atoms with E-state index in [0.717, 1.165) is 18.2 Å². The van der Waals surface area contributed by atoms with Crippen LogP contribution in [0.2, 0.25) is 5.02 Å². The van der Waals surface area contributed by atoms with Crippen molar-refractivity contribution in [3.8, 4) is 5.69 Å². The van der Waals surface area contributed by atoms with E-state index >= 15 is 0 Å². The first-order valence-corrected chi connectivity index (χ1v) is 7.04. The Kier molecular flexibility index (Phi) is 6.65. The maximum atomic E-state index is 12.9. The van der Waals surface area contributed by atoms with Crippen LogP contribution in [0, 0.1) is 6.92 Å². The molecule has 0 atom stereocenters. The largest absolute Gasteiger partial charge is 0.416 e. The summed E-state index contributed by atoms with van der Waals surface area (Å²) >= 11 is 6.00. The first kappa shape index (κ1) is 20.3. The molecule has 0 radical (unpaired) electrons. The van der Waals surface area contributed by atoms with Crippen molar-refractivity contribution in [1.82, 2.24) is 9.78 Å². The van der Waals surface area contributed by atoms with Gasteiger partial charge in [-0.2, -0.15) is 18.3 Å². The first-order valence-electron chi connectivity index (χ1n) is 6.66. The Morgan fingerprint density at radius 3 is 2.62 bits per heavy atom. The van der Waals surface area contributed by atoms with Crippen molar-refractivity contribution in [2.75, 3.05) is 11.9 Å². The van der Waals surface area contributed by atoms with Gasteiger partial charge in [0.05, 0.1) is 22.0 Å². The Morgan fingerprint density at radius 1 is 1.38 bits per heavy atom. The third kappa shape index (κ3) is 4.62. The number of aryl methyl sites for hydroxylation is 1. The number of rotatable bonds is 4. The maximum Gasteiger partial charge on any atom is 0.416 e. The second-order valence-electron chi connectivity index (χ2n) is 4.83. The van der Waals surface area contributed by atoms with Crippen LogP contribution in [0.25, 0.3) is 5.69 Å². The van der Waals surface area contributed by atoms with Crippen LogP contribution in [-0.4, -0.2) is 22.2 Å². The molecule has 1 aromatic carbocycles. The van der Waals surface area contributed by atoms with Crippen molar-refractivity contribution in [2.24, 2.45) is 5.73 Å². The third-order valence-electron chi connectivity index (χ3n) is 2.97. The normalized spacial score (nSPS) is 11.1. The van der Waals surface area contributed by atoms with Gasteiger partial charge in [-0.3, -0.25) is 4.79 Å². The molecule has 0 spiro atoms. The molecule has 5 nitrogen and oxygen atoms in total. The van der Waals surface area contributed by atoms with Crippen molar-refractivity contribution in [2.45, 2.75) is 19.5 Å². The zero-order valence-electron chi connectivity index (χ0n) is 12.5. The minimum atomic E-state index is -4.51. The van der Waals surface area contributed by atoms with Crippen LogP contribution in [0.3, 0.4) is 0 Å². The Bertz CT molecular complexity index is 731. The van der Waals surface area contributed by atoms with E-state index in [1.54, 1.807) is 6.92 Å². The lowest BCUT2D eigenvalue weighted by atomic mass is 10.2. The summed E-state index contributed by atoms with van der Waals surface area (Å²) in [6.45, 7) is 1.81. The topological polar surface area (TPSA) is 72.9 Å². The average Bonchev–Trinajstić information content (AvgIpc) is 2.78. The molecule has 0 aliphatic carbocycles. The molecule has 24 heavy (non-hydrogen) atoms. The SMILES string of the molecule is Cc1cc(NC(=O)CCN)n(-c2cc(C(F)(F)F)ccc2Cl)n1.Cl. The number of hydrogen-bond donors (Lipinski definition) is 2. The molecule has 1 amide bonds. The minimum Gasteiger partial charge on any atom is -0.330 e. The summed E-state index contributed by atoms with van der Waals surface area (Å²) in [7, 11) is 0. The van der Waals surface area contributed by atoms with Gasteiger partial charge in [0.1, 0.15) is 5.82 Å². The van der Waals surface area contributed by atoms with E-state index in [4.69, 9.17) is 17.3 Å². The van der Waals surface area contributed by atoms with Gasteiger partial charge in [0.2, 0.25) is 5.91 Å². The van der Waals surface area contributed by atoms with Crippen LogP contribution in [0.4, 0.5) is 19.0 Å². The minimum absolute atomic E-state index is 0. The molecular formula is C14H15Cl2F3N4O. The molecule has 132 valence electrons. The lowest BCUT2D eigenvalue weighted by Gasteiger charge is -2.13.